The normalized spacial score (nSPS) is 10.5. The monoisotopic (exact) mass is 341 g/mol. The average Bonchev–Trinajstić information content (AvgIpc) is 3.24. The maximum absolute atomic E-state index is 12.5. The van der Waals surface area contributed by atoms with Crippen molar-refractivity contribution in [1.82, 2.24) is 19.7 Å². The van der Waals surface area contributed by atoms with Gasteiger partial charge in [0.2, 0.25) is 0 Å². The number of carbonyl (C=O) groups excluding carboxylic acids is 1. The number of anilines is 1. The molecule has 0 saturated heterocycles. The van der Waals surface area contributed by atoms with Crippen LogP contribution < -0.4 is 5.32 Å². The Balaban J connectivity index is 1.51. The second kappa shape index (κ2) is 6.98. The molecule has 0 aliphatic carbocycles. The Hall–Kier alpha value is -3.80. The number of carbonyl (C=O) groups is 1. The van der Waals surface area contributed by atoms with E-state index in [0.717, 1.165) is 11.1 Å². The van der Waals surface area contributed by atoms with Gasteiger partial charge in [-0.15, -0.1) is 0 Å². The molecule has 0 unspecified atom stereocenters. The lowest BCUT2D eigenvalue weighted by Gasteiger charge is -2.07. The molecule has 2 aromatic carbocycles. The molecule has 0 spiro atoms. The summed E-state index contributed by atoms with van der Waals surface area (Å²) in [4.78, 5) is 20.7. The largest absolute Gasteiger partial charge is 0.306 e. The topological polar surface area (TPSA) is 72.7 Å². The molecule has 6 nitrogen and oxygen atoms in total. The fourth-order valence-electron chi connectivity index (χ4n) is 2.58. The molecule has 0 aliphatic rings. The summed E-state index contributed by atoms with van der Waals surface area (Å²) in [6.07, 6.45) is 4.83. The molecule has 0 saturated carbocycles. The van der Waals surface area contributed by atoms with Crippen molar-refractivity contribution >= 4 is 11.7 Å². The first-order valence-electron chi connectivity index (χ1n) is 8.08. The lowest BCUT2D eigenvalue weighted by molar-refractivity contribution is 0.102. The van der Waals surface area contributed by atoms with Crippen LogP contribution in [0.25, 0.3) is 16.9 Å². The highest BCUT2D eigenvalue weighted by molar-refractivity contribution is 6.04. The zero-order valence-electron chi connectivity index (χ0n) is 13.8. The van der Waals surface area contributed by atoms with Crippen molar-refractivity contribution in [3.8, 4) is 16.9 Å². The first-order valence-corrected chi connectivity index (χ1v) is 8.08. The van der Waals surface area contributed by atoms with Crippen LogP contribution in [0.4, 0.5) is 5.82 Å². The van der Waals surface area contributed by atoms with Gasteiger partial charge >= 0.3 is 0 Å². The van der Waals surface area contributed by atoms with Crippen molar-refractivity contribution in [2.75, 3.05) is 5.32 Å². The molecule has 0 bridgehead atoms. The van der Waals surface area contributed by atoms with Crippen molar-refractivity contribution in [1.29, 1.82) is 0 Å². The SMILES string of the molecule is O=C(Nc1cc(-n2cccn2)ncn1)c1ccc(-c2ccccc2)cc1. The number of nitrogens with zero attached hydrogens (tertiary/aromatic N) is 4. The number of hydrogen-bond acceptors (Lipinski definition) is 4. The minimum Gasteiger partial charge on any atom is -0.306 e. The minimum atomic E-state index is -0.227. The minimum absolute atomic E-state index is 0.227. The fraction of sp³-hybridized carbons (Fsp3) is 0. The second-order valence-corrected chi connectivity index (χ2v) is 5.61. The Morgan fingerprint density at radius 3 is 2.38 bits per heavy atom. The van der Waals surface area contributed by atoms with Gasteiger partial charge in [-0.1, -0.05) is 42.5 Å². The molecule has 2 aromatic heterocycles. The van der Waals surface area contributed by atoms with Crippen molar-refractivity contribution < 1.29 is 4.79 Å². The van der Waals surface area contributed by atoms with E-state index in [9.17, 15) is 4.79 Å². The third kappa shape index (κ3) is 3.34. The van der Waals surface area contributed by atoms with Crippen LogP contribution in [-0.4, -0.2) is 25.7 Å². The average molecular weight is 341 g/mol. The Kier molecular flexibility index (Phi) is 4.22. The van der Waals surface area contributed by atoms with Crippen LogP contribution in [0.2, 0.25) is 0 Å². The van der Waals surface area contributed by atoms with E-state index in [2.05, 4.69) is 20.4 Å². The molecule has 0 aliphatic heterocycles. The first-order chi connectivity index (χ1) is 12.8. The molecular weight excluding hydrogens is 326 g/mol. The van der Waals surface area contributed by atoms with Crippen molar-refractivity contribution in [2.24, 2.45) is 0 Å². The molecular formula is C20H15N5O. The fourth-order valence-corrected chi connectivity index (χ4v) is 2.58. The third-order valence-corrected chi connectivity index (χ3v) is 3.89. The summed E-state index contributed by atoms with van der Waals surface area (Å²) >= 11 is 0. The van der Waals surface area contributed by atoms with E-state index in [1.807, 2.05) is 42.5 Å². The highest BCUT2D eigenvalue weighted by atomic mass is 16.1. The number of amides is 1. The van der Waals surface area contributed by atoms with E-state index in [-0.39, 0.29) is 5.91 Å². The maximum atomic E-state index is 12.5. The Morgan fingerprint density at radius 1 is 0.885 bits per heavy atom. The van der Waals surface area contributed by atoms with Gasteiger partial charge in [0.1, 0.15) is 12.1 Å². The maximum Gasteiger partial charge on any atom is 0.256 e. The molecule has 1 N–H and O–H groups in total. The van der Waals surface area contributed by atoms with Gasteiger partial charge in [0.15, 0.2) is 5.82 Å². The molecule has 0 radical (unpaired) electrons. The lowest BCUT2D eigenvalue weighted by Crippen LogP contribution is -2.13. The summed E-state index contributed by atoms with van der Waals surface area (Å²) in [5.41, 5.74) is 2.73. The van der Waals surface area contributed by atoms with Crippen molar-refractivity contribution in [2.45, 2.75) is 0 Å². The summed E-state index contributed by atoms with van der Waals surface area (Å²) in [6, 6.07) is 21.0. The van der Waals surface area contributed by atoms with E-state index in [0.29, 0.717) is 17.2 Å². The van der Waals surface area contributed by atoms with Crippen LogP contribution in [-0.2, 0) is 0 Å². The Bertz CT molecular complexity index is 1010. The van der Waals surface area contributed by atoms with Gasteiger partial charge in [-0.3, -0.25) is 4.79 Å². The number of aromatic nitrogens is 4. The number of nitrogens with one attached hydrogen (secondary N) is 1. The second-order valence-electron chi connectivity index (χ2n) is 5.61. The van der Waals surface area contributed by atoms with Gasteiger partial charge < -0.3 is 5.32 Å². The third-order valence-electron chi connectivity index (χ3n) is 3.89. The molecule has 4 aromatic rings. The summed E-state index contributed by atoms with van der Waals surface area (Å²) in [7, 11) is 0. The van der Waals surface area contributed by atoms with Gasteiger partial charge in [0.05, 0.1) is 0 Å². The van der Waals surface area contributed by atoms with E-state index in [1.54, 1.807) is 41.3 Å². The highest BCUT2D eigenvalue weighted by Crippen LogP contribution is 2.19. The van der Waals surface area contributed by atoms with Gasteiger partial charge in [0.25, 0.3) is 5.91 Å². The van der Waals surface area contributed by atoms with E-state index in [4.69, 9.17) is 0 Å². The van der Waals surface area contributed by atoms with Crippen LogP contribution in [0.15, 0.2) is 85.5 Å². The lowest BCUT2D eigenvalue weighted by atomic mass is 10.0. The predicted molar refractivity (Wildman–Crippen MR) is 99.0 cm³/mol. The van der Waals surface area contributed by atoms with Crippen molar-refractivity contribution in [3.05, 3.63) is 91.0 Å². The molecule has 126 valence electrons. The Labute approximate surface area is 150 Å². The molecule has 0 fully saturated rings. The number of hydrogen-bond donors (Lipinski definition) is 1. The van der Waals surface area contributed by atoms with Crippen LogP contribution in [0.5, 0.6) is 0 Å². The van der Waals surface area contributed by atoms with Gasteiger partial charge in [0, 0.05) is 24.0 Å². The van der Waals surface area contributed by atoms with E-state index >= 15 is 0 Å². The smallest absolute Gasteiger partial charge is 0.256 e. The zero-order chi connectivity index (χ0) is 17.8. The number of benzene rings is 2. The molecule has 4 rings (SSSR count). The quantitative estimate of drug-likeness (QED) is 0.616. The van der Waals surface area contributed by atoms with Crippen LogP contribution >= 0.6 is 0 Å². The first kappa shape index (κ1) is 15.7. The van der Waals surface area contributed by atoms with Crippen LogP contribution in [0.3, 0.4) is 0 Å². The molecule has 2 heterocycles. The highest BCUT2D eigenvalue weighted by Gasteiger charge is 2.09. The molecule has 6 heteroatoms. The van der Waals surface area contributed by atoms with E-state index in [1.165, 1.54) is 6.33 Å². The zero-order valence-corrected chi connectivity index (χ0v) is 13.8. The summed E-state index contributed by atoms with van der Waals surface area (Å²) in [6.45, 7) is 0. The standard InChI is InChI=1S/C20H15N5O/c26-20(17-9-7-16(8-10-17)15-5-2-1-3-6-15)24-18-13-19(22-14-21-18)25-12-4-11-23-25/h1-14H,(H,21,22,24,26). The summed E-state index contributed by atoms with van der Waals surface area (Å²) < 4.78 is 1.60. The van der Waals surface area contributed by atoms with Gasteiger partial charge in [-0.05, 0) is 29.3 Å². The summed E-state index contributed by atoms with van der Waals surface area (Å²) in [5, 5.41) is 6.91. The van der Waals surface area contributed by atoms with Crippen molar-refractivity contribution in [3.63, 3.8) is 0 Å². The van der Waals surface area contributed by atoms with Crippen LogP contribution in [0, 0.1) is 0 Å². The predicted octanol–water partition coefficient (Wildman–Crippen LogP) is 3.58. The van der Waals surface area contributed by atoms with Crippen LogP contribution in [0.1, 0.15) is 10.4 Å². The van der Waals surface area contributed by atoms with Gasteiger partial charge in [-0.2, -0.15) is 5.10 Å². The molecule has 26 heavy (non-hydrogen) atoms. The van der Waals surface area contributed by atoms with E-state index < -0.39 is 0 Å². The molecule has 1 amide bonds. The Morgan fingerprint density at radius 2 is 1.65 bits per heavy atom. The summed E-state index contributed by atoms with van der Waals surface area (Å²) in [5.74, 6) is 0.775. The number of rotatable bonds is 4. The molecule has 0 atom stereocenters. The van der Waals surface area contributed by atoms with Gasteiger partial charge in [-0.25, -0.2) is 14.6 Å².